The van der Waals surface area contributed by atoms with Gasteiger partial charge >= 0.3 is 48.9 Å². The minimum absolute atomic E-state index is 0. The fraction of sp³-hybridized carbons (Fsp3) is 0.304. The molecule has 0 saturated heterocycles. The van der Waals surface area contributed by atoms with E-state index < -0.39 is 0 Å². The van der Waals surface area contributed by atoms with E-state index in [2.05, 4.69) is 166 Å². The number of fused-ring (bicyclic) bond motifs is 2. The minimum Gasteiger partial charge on any atom is -1.00 e. The van der Waals surface area contributed by atoms with E-state index in [1.165, 1.54) is 32.7 Å². The zero-order valence-corrected chi connectivity index (χ0v) is 40.1. The van der Waals surface area contributed by atoms with Gasteiger partial charge < -0.3 is 46.1 Å². The molecule has 0 bridgehead atoms. The van der Waals surface area contributed by atoms with Crippen LogP contribution in [0, 0.1) is 13.8 Å². The Labute approximate surface area is 374 Å². The average Bonchev–Trinajstić information content (AvgIpc) is 3.06. The van der Waals surface area contributed by atoms with Gasteiger partial charge in [0, 0.05) is 0 Å². The molecular weight excluding hydrogens is 923 g/mol. The predicted octanol–water partition coefficient (Wildman–Crippen LogP) is 8.57. The molecule has 6 aromatic carbocycles. The Kier molecular flexibility index (Phi) is 28.3. The normalized spacial score (nSPS) is 9.74. The summed E-state index contributed by atoms with van der Waals surface area (Å²) in [5, 5.41) is 23.5. The fourth-order valence-corrected chi connectivity index (χ4v) is 5.22. The molecule has 0 spiro atoms. The van der Waals surface area contributed by atoms with Gasteiger partial charge in [0.05, 0.1) is 0 Å². The van der Waals surface area contributed by atoms with Crippen molar-refractivity contribution in [2.45, 2.75) is 93.4 Å². The van der Waals surface area contributed by atoms with Gasteiger partial charge in [-0.25, -0.2) is 0 Å². The second-order valence-electron chi connectivity index (χ2n) is 13.5. The molecule has 4 radical (unpaired) electrons. The minimum atomic E-state index is 0. The molecular formula is C46H56Cl2N4Sb2. The van der Waals surface area contributed by atoms with E-state index in [-0.39, 0.29) is 73.7 Å². The smallest absolute Gasteiger partial charge is 1.00 e. The van der Waals surface area contributed by atoms with Crippen molar-refractivity contribution in [3.63, 3.8) is 0 Å². The Morgan fingerprint density at radius 1 is 0.315 bits per heavy atom. The Bertz CT molecular complexity index is 1620. The van der Waals surface area contributed by atoms with Crippen LogP contribution in [0.5, 0.6) is 0 Å². The standard InChI is InChI=1S/2C16H20N2.2C7H8.2ClH.2Sb/c2*1-11(2)17-14-9-5-7-13-8-6-10-15(16(13)14)18-12(3)4;2*1-7-5-3-2-4-6-7;;;;/h2*5-12H,1-4H3;2*2-6H,1H3;2*1H;;/q2*-2;;;;;2*+3/p-2. The molecule has 0 N–H and O–H groups in total. The van der Waals surface area contributed by atoms with Crippen molar-refractivity contribution in [3.8, 4) is 0 Å². The van der Waals surface area contributed by atoms with Gasteiger partial charge in [-0.2, -0.15) is 0 Å². The van der Waals surface area contributed by atoms with Crippen LogP contribution in [0.3, 0.4) is 0 Å². The third-order valence-corrected chi connectivity index (χ3v) is 7.19. The van der Waals surface area contributed by atoms with Gasteiger partial charge in [-0.15, -0.1) is 46.9 Å². The average molecular weight is 979 g/mol. The number of benzene rings is 6. The predicted molar refractivity (Wildman–Crippen MR) is 234 cm³/mol. The van der Waals surface area contributed by atoms with Gasteiger partial charge in [0.25, 0.3) is 0 Å². The Hall–Kier alpha value is -2.74. The Morgan fingerprint density at radius 3 is 0.704 bits per heavy atom. The largest absolute Gasteiger partial charge is 3.00 e. The summed E-state index contributed by atoms with van der Waals surface area (Å²) in [6.45, 7) is 21.0. The Balaban J connectivity index is 0. The molecule has 0 amide bonds. The van der Waals surface area contributed by atoms with Gasteiger partial charge in [-0.1, -0.05) is 200 Å². The number of hydrogen-bond donors (Lipinski definition) is 0. The summed E-state index contributed by atoms with van der Waals surface area (Å²) < 4.78 is 0. The van der Waals surface area contributed by atoms with Crippen molar-refractivity contribution in [1.29, 1.82) is 0 Å². The third-order valence-electron chi connectivity index (χ3n) is 7.19. The van der Waals surface area contributed by atoms with Crippen LogP contribution in [0.1, 0.15) is 66.5 Å². The number of halogens is 2. The summed E-state index contributed by atoms with van der Waals surface area (Å²) in [4.78, 5) is 0. The Morgan fingerprint density at radius 2 is 0.537 bits per heavy atom. The van der Waals surface area contributed by atoms with E-state index in [0.29, 0.717) is 24.2 Å². The van der Waals surface area contributed by atoms with Crippen LogP contribution in [0.15, 0.2) is 133 Å². The molecule has 284 valence electrons. The molecule has 0 aromatic heterocycles. The molecule has 0 heterocycles. The zero-order valence-electron chi connectivity index (χ0n) is 33.5. The first-order valence-electron chi connectivity index (χ1n) is 17.8. The van der Waals surface area contributed by atoms with Crippen molar-refractivity contribution in [1.82, 2.24) is 0 Å². The summed E-state index contributed by atoms with van der Waals surface area (Å²) in [5.41, 5.74) is 6.82. The second kappa shape index (κ2) is 28.6. The molecule has 0 aliphatic rings. The first-order valence-corrected chi connectivity index (χ1v) is 17.8. The van der Waals surface area contributed by atoms with Crippen LogP contribution in [0.4, 0.5) is 22.7 Å². The van der Waals surface area contributed by atoms with Gasteiger partial charge in [-0.3, -0.25) is 0 Å². The number of aryl methyl sites for hydroxylation is 2. The summed E-state index contributed by atoms with van der Waals surface area (Å²) in [6.07, 6.45) is 0. The molecule has 6 aromatic rings. The molecule has 0 atom stereocenters. The number of rotatable bonds is 8. The number of nitrogens with zero attached hydrogens (tertiary/aromatic N) is 4. The summed E-state index contributed by atoms with van der Waals surface area (Å²) >= 11 is 0. The molecule has 8 heteroatoms. The second-order valence-corrected chi connectivity index (χ2v) is 13.5. The van der Waals surface area contributed by atoms with Crippen molar-refractivity contribution in [2.24, 2.45) is 0 Å². The van der Waals surface area contributed by atoms with Crippen LogP contribution in [-0.4, -0.2) is 73.0 Å². The first kappa shape index (κ1) is 53.4. The topological polar surface area (TPSA) is 56.4 Å². The monoisotopic (exact) mass is 976 g/mol. The zero-order chi connectivity index (χ0) is 36.5. The van der Waals surface area contributed by atoms with E-state index in [1.807, 2.05) is 36.4 Å². The first-order chi connectivity index (χ1) is 23.9. The van der Waals surface area contributed by atoms with E-state index in [0.717, 1.165) is 22.7 Å². The maximum atomic E-state index is 4.70. The third kappa shape index (κ3) is 19.2. The number of hydrogen-bond acceptors (Lipinski definition) is 0. The quantitative estimate of drug-likeness (QED) is 0.138. The summed E-state index contributed by atoms with van der Waals surface area (Å²) in [6, 6.07) is 46.7. The van der Waals surface area contributed by atoms with Crippen LogP contribution in [-0.2, 0) is 0 Å². The van der Waals surface area contributed by atoms with Crippen LogP contribution < -0.4 is 24.8 Å². The van der Waals surface area contributed by atoms with E-state index in [9.17, 15) is 0 Å². The van der Waals surface area contributed by atoms with Crippen LogP contribution >= 0.6 is 0 Å². The SMILES string of the molecule is CC(C)[N-]c1cccc2cccc([N-]C(C)C)c12.CC(C)[N-]c1cccc2cccc([N-]C(C)C)c12.Cc1ccccc1.Cc1ccccc1.[Cl-].[Cl-].[Sb+3].[Sb+3]. The molecule has 0 unspecified atom stereocenters. The van der Waals surface area contributed by atoms with E-state index >= 15 is 0 Å². The molecule has 0 aliphatic carbocycles. The summed E-state index contributed by atoms with van der Waals surface area (Å²) in [5.74, 6) is 0. The van der Waals surface area contributed by atoms with Crippen molar-refractivity contribution in [2.75, 3.05) is 0 Å². The molecule has 54 heavy (non-hydrogen) atoms. The molecule has 4 nitrogen and oxygen atoms in total. The molecule has 0 fully saturated rings. The molecule has 0 saturated carbocycles. The van der Waals surface area contributed by atoms with E-state index in [1.54, 1.807) is 0 Å². The maximum absolute atomic E-state index is 4.70. The fourth-order valence-electron chi connectivity index (χ4n) is 5.22. The van der Waals surface area contributed by atoms with E-state index in [4.69, 9.17) is 21.3 Å². The maximum Gasteiger partial charge on any atom is 3.00 e. The van der Waals surface area contributed by atoms with Crippen molar-refractivity contribution >= 4 is 93.2 Å². The van der Waals surface area contributed by atoms with Gasteiger partial charge in [0.15, 0.2) is 0 Å². The van der Waals surface area contributed by atoms with Gasteiger partial charge in [0.1, 0.15) is 0 Å². The van der Waals surface area contributed by atoms with Gasteiger partial charge in [0.2, 0.25) is 0 Å². The van der Waals surface area contributed by atoms with Crippen molar-refractivity contribution < 1.29 is 24.8 Å². The van der Waals surface area contributed by atoms with Crippen molar-refractivity contribution in [3.05, 3.63) is 166 Å². The molecule has 0 aliphatic heterocycles. The van der Waals surface area contributed by atoms with Crippen LogP contribution in [0.2, 0.25) is 0 Å². The molecule has 6 rings (SSSR count). The van der Waals surface area contributed by atoms with Gasteiger partial charge in [-0.05, 0) is 35.4 Å². The van der Waals surface area contributed by atoms with Crippen LogP contribution in [0.25, 0.3) is 42.8 Å². The summed E-state index contributed by atoms with van der Waals surface area (Å²) in [7, 11) is 0.